The van der Waals surface area contributed by atoms with Crippen LogP contribution in [0.2, 0.25) is 0 Å². The maximum Gasteiger partial charge on any atom is 0.251 e. The van der Waals surface area contributed by atoms with E-state index < -0.39 is 0 Å². The number of nitrogens with one attached hydrogen (secondary N) is 1. The molecule has 5 heteroatoms. The molecule has 0 unspecified atom stereocenters. The summed E-state index contributed by atoms with van der Waals surface area (Å²) in [6, 6.07) is 11.2. The molecule has 1 saturated carbocycles. The van der Waals surface area contributed by atoms with Crippen LogP contribution in [0.5, 0.6) is 0 Å². The molecule has 0 radical (unpaired) electrons. The number of amides is 1. The van der Waals surface area contributed by atoms with Gasteiger partial charge in [0.2, 0.25) is 0 Å². The lowest BCUT2D eigenvalue weighted by Gasteiger charge is -2.12. The van der Waals surface area contributed by atoms with Gasteiger partial charge in [-0.1, -0.05) is 25.0 Å². The van der Waals surface area contributed by atoms with Crippen LogP contribution in [0.15, 0.2) is 36.4 Å². The van der Waals surface area contributed by atoms with E-state index in [1.165, 1.54) is 12.8 Å². The van der Waals surface area contributed by atoms with E-state index in [1.807, 2.05) is 24.3 Å². The summed E-state index contributed by atoms with van der Waals surface area (Å²) in [6.07, 6.45) is 4.56. The van der Waals surface area contributed by atoms with Crippen molar-refractivity contribution in [1.29, 1.82) is 0 Å². The van der Waals surface area contributed by atoms with Crippen LogP contribution in [-0.2, 0) is 0 Å². The standard InChI is InChI=1S/C16H18N4O/c17-15-9-8-14(19-20-15)11-4-3-5-12(10-11)16(21)18-13-6-1-2-7-13/h3-5,8-10,13H,1-2,6-7H2,(H2,17,20)(H,18,21). The number of anilines is 1. The molecule has 108 valence electrons. The van der Waals surface area contributed by atoms with Gasteiger partial charge in [0, 0.05) is 17.2 Å². The van der Waals surface area contributed by atoms with Gasteiger partial charge in [-0.05, 0) is 37.1 Å². The molecular weight excluding hydrogens is 264 g/mol. The second-order valence-corrected chi connectivity index (χ2v) is 5.38. The molecule has 1 fully saturated rings. The van der Waals surface area contributed by atoms with Gasteiger partial charge < -0.3 is 11.1 Å². The summed E-state index contributed by atoms with van der Waals surface area (Å²) >= 11 is 0. The summed E-state index contributed by atoms with van der Waals surface area (Å²) in [5, 5.41) is 11.0. The third-order valence-electron chi connectivity index (χ3n) is 3.80. The van der Waals surface area contributed by atoms with Gasteiger partial charge in [-0.3, -0.25) is 4.79 Å². The lowest BCUT2D eigenvalue weighted by molar-refractivity contribution is 0.0938. The summed E-state index contributed by atoms with van der Waals surface area (Å²) < 4.78 is 0. The summed E-state index contributed by atoms with van der Waals surface area (Å²) in [6.45, 7) is 0. The van der Waals surface area contributed by atoms with Crippen molar-refractivity contribution in [2.45, 2.75) is 31.7 Å². The summed E-state index contributed by atoms with van der Waals surface area (Å²) in [5.74, 6) is 0.362. The van der Waals surface area contributed by atoms with Crippen molar-refractivity contribution in [2.75, 3.05) is 5.73 Å². The molecule has 0 aliphatic heterocycles. The van der Waals surface area contributed by atoms with Gasteiger partial charge in [-0.2, -0.15) is 0 Å². The van der Waals surface area contributed by atoms with Gasteiger partial charge in [0.05, 0.1) is 5.69 Å². The Hall–Kier alpha value is -2.43. The number of benzene rings is 1. The first-order valence-corrected chi connectivity index (χ1v) is 7.23. The first kappa shape index (κ1) is 13.5. The Kier molecular flexibility index (Phi) is 3.81. The Balaban J connectivity index is 1.79. The molecule has 3 N–H and O–H groups in total. The minimum atomic E-state index is -0.0212. The molecule has 0 atom stereocenters. The fourth-order valence-corrected chi connectivity index (χ4v) is 2.66. The Morgan fingerprint density at radius 2 is 1.95 bits per heavy atom. The van der Waals surface area contributed by atoms with Crippen LogP contribution in [0.4, 0.5) is 5.82 Å². The second kappa shape index (κ2) is 5.91. The second-order valence-electron chi connectivity index (χ2n) is 5.38. The minimum Gasteiger partial charge on any atom is -0.382 e. The van der Waals surface area contributed by atoms with Crippen LogP contribution < -0.4 is 11.1 Å². The number of hydrogen-bond donors (Lipinski definition) is 2. The number of nitrogens with two attached hydrogens (primary N) is 1. The zero-order valence-electron chi connectivity index (χ0n) is 11.7. The Bertz CT molecular complexity index is 633. The molecule has 3 rings (SSSR count). The molecular formula is C16H18N4O. The molecule has 1 aromatic heterocycles. The Labute approximate surface area is 123 Å². The van der Waals surface area contributed by atoms with E-state index in [4.69, 9.17) is 5.73 Å². The molecule has 21 heavy (non-hydrogen) atoms. The third kappa shape index (κ3) is 3.18. The highest BCUT2D eigenvalue weighted by Crippen LogP contribution is 2.20. The predicted octanol–water partition coefficient (Wildman–Crippen LogP) is 2.40. The van der Waals surface area contributed by atoms with E-state index in [1.54, 1.807) is 12.1 Å². The zero-order valence-corrected chi connectivity index (χ0v) is 11.7. The smallest absolute Gasteiger partial charge is 0.251 e. The number of rotatable bonds is 3. The van der Waals surface area contributed by atoms with E-state index >= 15 is 0 Å². The number of carbonyl (C=O) groups is 1. The molecule has 0 bridgehead atoms. The lowest BCUT2D eigenvalue weighted by Crippen LogP contribution is -2.32. The van der Waals surface area contributed by atoms with Crippen molar-refractivity contribution in [3.8, 4) is 11.3 Å². The fourth-order valence-electron chi connectivity index (χ4n) is 2.66. The van der Waals surface area contributed by atoms with Crippen LogP contribution >= 0.6 is 0 Å². The highest BCUT2D eigenvalue weighted by atomic mass is 16.1. The van der Waals surface area contributed by atoms with E-state index in [2.05, 4.69) is 15.5 Å². The molecule has 1 aliphatic carbocycles. The summed E-state index contributed by atoms with van der Waals surface area (Å²) in [4.78, 5) is 12.3. The van der Waals surface area contributed by atoms with Gasteiger partial charge in [-0.15, -0.1) is 10.2 Å². The number of carbonyl (C=O) groups excluding carboxylic acids is 1. The van der Waals surface area contributed by atoms with Crippen LogP contribution in [0.25, 0.3) is 11.3 Å². The first-order chi connectivity index (χ1) is 10.2. The lowest BCUT2D eigenvalue weighted by atomic mass is 10.1. The number of nitrogens with zero attached hydrogens (tertiary/aromatic N) is 2. The molecule has 1 amide bonds. The van der Waals surface area contributed by atoms with Gasteiger partial charge >= 0.3 is 0 Å². The number of aromatic nitrogens is 2. The van der Waals surface area contributed by atoms with Crippen molar-refractivity contribution in [2.24, 2.45) is 0 Å². The molecule has 5 nitrogen and oxygen atoms in total. The van der Waals surface area contributed by atoms with E-state index in [0.29, 0.717) is 23.1 Å². The van der Waals surface area contributed by atoms with Crippen molar-refractivity contribution in [3.05, 3.63) is 42.0 Å². The quantitative estimate of drug-likeness (QED) is 0.905. The highest BCUT2D eigenvalue weighted by Gasteiger charge is 2.18. The SMILES string of the molecule is Nc1ccc(-c2cccc(C(=O)NC3CCCC3)c2)nn1. The molecule has 1 heterocycles. The first-order valence-electron chi connectivity index (χ1n) is 7.23. The summed E-state index contributed by atoms with van der Waals surface area (Å²) in [5.41, 5.74) is 7.76. The largest absolute Gasteiger partial charge is 0.382 e. The highest BCUT2D eigenvalue weighted by molar-refractivity contribution is 5.95. The maximum atomic E-state index is 12.3. The topological polar surface area (TPSA) is 80.9 Å². The number of hydrogen-bond acceptors (Lipinski definition) is 4. The van der Waals surface area contributed by atoms with Gasteiger partial charge in [0.25, 0.3) is 5.91 Å². The van der Waals surface area contributed by atoms with Crippen LogP contribution in [0.3, 0.4) is 0 Å². The van der Waals surface area contributed by atoms with Crippen molar-refractivity contribution in [3.63, 3.8) is 0 Å². The fraction of sp³-hybridized carbons (Fsp3) is 0.312. The molecule has 1 aromatic carbocycles. The van der Waals surface area contributed by atoms with Gasteiger partial charge in [0.1, 0.15) is 5.82 Å². The summed E-state index contributed by atoms with van der Waals surface area (Å²) in [7, 11) is 0. The van der Waals surface area contributed by atoms with Crippen molar-refractivity contribution >= 4 is 11.7 Å². The van der Waals surface area contributed by atoms with Gasteiger partial charge in [0.15, 0.2) is 0 Å². The monoisotopic (exact) mass is 282 g/mol. The normalized spacial score (nSPS) is 15.0. The maximum absolute atomic E-state index is 12.3. The van der Waals surface area contributed by atoms with E-state index in [9.17, 15) is 4.79 Å². The van der Waals surface area contributed by atoms with E-state index in [0.717, 1.165) is 18.4 Å². The average molecular weight is 282 g/mol. The number of nitrogen functional groups attached to an aromatic ring is 1. The van der Waals surface area contributed by atoms with Crippen molar-refractivity contribution < 1.29 is 4.79 Å². The minimum absolute atomic E-state index is 0.0212. The molecule has 0 spiro atoms. The van der Waals surface area contributed by atoms with Crippen LogP contribution in [-0.4, -0.2) is 22.1 Å². The van der Waals surface area contributed by atoms with Crippen molar-refractivity contribution in [1.82, 2.24) is 15.5 Å². The van der Waals surface area contributed by atoms with E-state index in [-0.39, 0.29) is 5.91 Å². The third-order valence-corrected chi connectivity index (χ3v) is 3.80. The molecule has 0 saturated heterocycles. The van der Waals surface area contributed by atoms with Crippen LogP contribution in [0.1, 0.15) is 36.0 Å². The average Bonchev–Trinajstić information content (AvgIpc) is 3.01. The zero-order chi connectivity index (χ0) is 14.7. The van der Waals surface area contributed by atoms with Crippen LogP contribution in [0, 0.1) is 0 Å². The molecule has 1 aliphatic rings. The predicted molar refractivity (Wildman–Crippen MR) is 81.6 cm³/mol. The Morgan fingerprint density at radius 1 is 1.14 bits per heavy atom. The molecule has 2 aromatic rings. The Morgan fingerprint density at radius 3 is 2.67 bits per heavy atom. The van der Waals surface area contributed by atoms with Gasteiger partial charge in [-0.25, -0.2) is 0 Å².